The average molecular weight is 345 g/mol. The molecule has 132 valence electrons. The van der Waals surface area contributed by atoms with Crippen molar-refractivity contribution >= 4 is 22.7 Å². The number of rotatable bonds is 2. The van der Waals surface area contributed by atoms with Crippen LogP contribution in [0.3, 0.4) is 0 Å². The van der Waals surface area contributed by atoms with E-state index in [0.29, 0.717) is 16.9 Å². The first kappa shape index (κ1) is 16.6. The van der Waals surface area contributed by atoms with E-state index in [1.807, 2.05) is 11.3 Å². The topological polar surface area (TPSA) is 15.6 Å². The molecule has 0 N–H and O–H groups in total. The predicted molar refractivity (Wildman–Crippen MR) is 105 cm³/mol. The van der Waals surface area contributed by atoms with Gasteiger partial charge in [0.1, 0.15) is 5.00 Å². The van der Waals surface area contributed by atoms with E-state index in [1.165, 1.54) is 68.5 Å². The summed E-state index contributed by atoms with van der Waals surface area (Å²) in [6.45, 7) is 10.8. The van der Waals surface area contributed by atoms with Gasteiger partial charge in [0, 0.05) is 17.5 Å². The molecule has 4 rings (SSSR count). The summed E-state index contributed by atoms with van der Waals surface area (Å²) in [6.07, 6.45) is 12.9. The molecule has 1 saturated carbocycles. The Morgan fingerprint density at radius 3 is 2.75 bits per heavy atom. The Morgan fingerprint density at radius 2 is 1.92 bits per heavy atom. The molecule has 3 heteroatoms. The van der Waals surface area contributed by atoms with Gasteiger partial charge >= 0.3 is 0 Å². The van der Waals surface area contributed by atoms with Crippen LogP contribution in [0.5, 0.6) is 0 Å². The fraction of sp³-hybridized carbons (Fsp3) is 0.762. The first-order valence-electron chi connectivity index (χ1n) is 9.76. The quantitative estimate of drug-likeness (QED) is 0.371. The van der Waals surface area contributed by atoms with Gasteiger partial charge in [0.15, 0.2) is 0 Å². The first-order valence-corrected chi connectivity index (χ1v) is 10.6. The van der Waals surface area contributed by atoms with Gasteiger partial charge in [0.05, 0.1) is 6.34 Å². The van der Waals surface area contributed by atoms with Crippen LogP contribution in [0.25, 0.3) is 0 Å². The van der Waals surface area contributed by atoms with Gasteiger partial charge < -0.3 is 4.90 Å². The lowest BCUT2D eigenvalue weighted by Crippen LogP contribution is -2.34. The molecular weight excluding hydrogens is 312 g/mol. The highest BCUT2D eigenvalue weighted by Crippen LogP contribution is 2.52. The third kappa shape index (κ3) is 3.05. The minimum absolute atomic E-state index is 0.483. The van der Waals surface area contributed by atoms with Gasteiger partial charge in [-0.1, -0.05) is 27.2 Å². The summed E-state index contributed by atoms with van der Waals surface area (Å²) in [4.78, 5) is 9.15. The summed E-state index contributed by atoms with van der Waals surface area (Å²) >= 11 is 1.96. The molecule has 0 radical (unpaired) electrons. The zero-order valence-corrected chi connectivity index (χ0v) is 16.6. The molecule has 2 nitrogen and oxygen atoms in total. The molecule has 2 fully saturated rings. The van der Waals surface area contributed by atoms with Crippen molar-refractivity contribution in [1.82, 2.24) is 4.90 Å². The average Bonchev–Trinajstić information content (AvgIpc) is 2.78. The highest BCUT2D eigenvalue weighted by Gasteiger charge is 2.48. The molecule has 1 aliphatic heterocycles. The molecular formula is C21H32N2S. The van der Waals surface area contributed by atoms with Crippen molar-refractivity contribution in [3.05, 3.63) is 16.0 Å². The normalized spacial score (nSPS) is 32.2. The predicted octanol–water partition coefficient (Wildman–Crippen LogP) is 5.89. The van der Waals surface area contributed by atoms with Crippen molar-refractivity contribution < 1.29 is 0 Å². The van der Waals surface area contributed by atoms with E-state index in [9.17, 15) is 0 Å². The number of nitrogens with zero attached hydrogens (tertiary/aromatic N) is 2. The highest BCUT2D eigenvalue weighted by molar-refractivity contribution is 7.16. The molecule has 2 atom stereocenters. The number of hydrogen-bond donors (Lipinski definition) is 0. The molecule has 1 saturated heterocycles. The van der Waals surface area contributed by atoms with Crippen molar-refractivity contribution in [1.29, 1.82) is 0 Å². The maximum Gasteiger partial charge on any atom is 0.121 e. The lowest BCUT2D eigenvalue weighted by Gasteiger charge is -2.39. The van der Waals surface area contributed by atoms with Gasteiger partial charge in [-0.05, 0) is 73.8 Å². The van der Waals surface area contributed by atoms with Crippen LogP contribution in [0.2, 0.25) is 0 Å². The summed E-state index contributed by atoms with van der Waals surface area (Å²) < 4.78 is 0. The Labute approximate surface area is 151 Å². The summed E-state index contributed by atoms with van der Waals surface area (Å²) in [5.74, 6) is 0. The summed E-state index contributed by atoms with van der Waals surface area (Å²) in [7, 11) is 0. The van der Waals surface area contributed by atoms with E-state index in [2.05, 4.69) is 38.9 Å². The largest absolute Gasteiger partial charge is 0.359 e. The van der Waals surface area contributed by atoms with E-state index < -0.39 is 0 Å². The molecule has 2 aliphatic carbocycles. The molecule has 1 aromatic rings. The van der Waals surface area contributed by atoms with Crippen LogP contribution in [0, 0.1) is 17.8 Å². The molecule has 3 aliphatic rings. The molecule has 1 aromatic heterocycles. The Balaban J connectivity index is 1.54. The van der Waals surface area contributed by atoms with Gasteiger partial charge in [-0.15, -0.1) is 11.3 Å². The van der Waals surface area contributed by atoms with E-state index in [1.54, 1.807) is 10.4 Å². The highest BCUT2D eigenvalue weighted by atomic mass is 32.1. The van der Waals surface area contributed by atoms with Crippen LogP contribution >= 0.6 is 11.3 Å². The number of thiophene rings is 1. The van der Waals surface area contributed by atoms with Crippen molar-refractivity contribution in [2.24, 2.45) is 15.8 Å². The van der Waals surface area contributed by atoms with E-state index >= 15 is 0 Å². The van der Waals surface area contributed by atoms with Crippen molar-refractivity contribution in [3.63, 3.8) is 0 Å². The smallest absolute Gasteiger partial charge is 0.121 e. The fourth-order valence-electron chi connectivity index (χ4n) is 5.77. The number of aryl methyl sites for hydroxylation is 1. The van der Waals surface area contributed by atoms with Crippen LogP contribution in [-0.4, -0.2) is 23.8 Å². The van der Waals surface area contributed by atoms with Gasteiger partial charge in [0.25, 0.3) is 0 Å². The summed E-state index contributed by atoms with van der Waals surface area (Å²) in [5, 5.41) is 1.27. The van der Waals surface area contributed by atoms with Gasteiger partial charge in [-0.3, -0.25) is 0 Å². The van der Waals surface area contributed by atoms with E-state index in [4.69, 9.17) is 4.99 Å². The second-order valence-electron chi connectivity index (χ2n) is 9.63. The lowest BCUT2D eigenvalue weighted by atomic mass is 9.65. The van der Waals surface area contributed by atoms with Crippen LogP contribution in [0.1, 0.15) is 75.3 Å². The number of fused-ring (bicyclic) bond motifs is 3. The molecule has 0 amide bonds. The molecule has 2 unspecified atom stereocenters. The first-order chi connectivity index (χ1) is 11.4. The van der Waals surface area contributed by atoms with Crippen LogP contribution in [0.15, 0.2) is 4.99 Å². The minimum atomic E-state index is 0.483. The van der Waals surface area contributed by atoms with Gasteiger partial charge in [0.2, 0.25) is 0 Å². The third-order valence-electron chi connectivity index (χ3n) is 6.44. The van der Waals surface area contributed by atoms with Gasteiger partial charge in [-0.25, -0.2) is 4.99 Å². The molecule has 2 heterocycles. The number of hydrogen-bond acceptors (Lipinski definition) is 2. The zero-order chi connectivity index (χ0) is 16.9. The maximum absolute atomic E-state index is 4.98. The monoisotopic (exact) mass is 344 g/mol. The molecule has 24 heavy (non-hydrogen) atoms. The van der Waals surface area contributed by atoms with Crippen LogP contribution in [0.4, 0.5) is 5.00 Å². The Morgan fingerprint density at radius 1 is 1.12 bits per heavy atom. The lowest BCUT2D eigenvalue weighted by molar-refractivity contribution is 0.133. The molecule has 0 aromatic carbocycles. The van der Waals surface area contributed by atoms with Crippen molar-refractivity contribution in [3.8, 4) is 0 Å². The van der Waals surface area contributed by atoms with Crippen LogP contribution < -0.4 is 0 Å². The van der Waals surface area contributed by atoms with E-state index in [0.717, 1.165) is 0 Å². The van der Waals surface area contributed by atoms with Crippen molar-refractivity contribution in [2.45, 2.75) is 85.1 Å². The second kappa shape index (κ2) is 5.86. The Hall–Kier alpha value is -0.830. The molecule has 0 spiro atoms. The number of likely N-dealkylation sites (tertiary alicyclic amines) is 1. The SMILES string of the molecule is Cc1c(/N=C/N2CC3(C)CC2CC(C)(C)C3)sc2c1CCCCC2. The van der Waals surface area contributed by atoms with Gasteiger partial charge in [-0.2, -0.15) is 0 Å². The Kier molecular flexibility index (Phi) is 4.06. The zero-order valence-electron chi connectivity index (χ0n) is 15.8. The third-order valence-corrected chi connectivity index (χ3v) is 7.74. The second-order valence-corrected chi connectivity index (χ2v) is 10.7. The van der Waals surface area contributed by atoms with E-state index in [-0.39, 0.29) is 0 Å². The maximum atomic E-state index is 4.98. The molecule has 2 bridgehead atoms. The Bertz CT molecular complexity index is 657. The summed E-state index contributed by atoms with van der Waals surface area (Å²) in [5.41, 5.74) is 4.05. The minimum Gasteiger partial charge on any atom is -0.359 e. The van der Waals surface area contributed by atoms with Crippen LogP contribution in [-0.2, 0) is 12.8 Å². The number of aliphatic imine (C=N–C) groups is 1. The van der Waals surface area contributed by atoms with Crippen molar-refractivity contribution in [2.75, 3.05) is 6.54 Å². The fourth-order valence-corrected chi connectivity index (χ4v) is 7.01. The summed E-state index contributed by atoms with van der Waals surface area (Å²) in [6, 6.07) is 0.695. The standard InChI is InChI=1S/C21H32N2S/c1-15-17-8-6-5-7-9-18(17)24-19(15)22-14-23-13-21(4)11-16(23)10-20(2,3)12-21/h14,16H,5-13H2,1-4H3/b22-14+.